The second-order valence-electron chi connectivity index (χ2n) is 4.76. The third-order valence-electron chi connectivity index (χ3n) is 2.56. The zero-order chi connectivity index (χ0) is 12.9. The van der Waals surface area contributed by atoms with Crippen molar-refractivity contribution >= 4 is 11.9 Å². The number of hydrogen-bond donors (Lipinski definition) is 3. The molecule has 1 unspecified atom stereocenters. The molecule has 0 aliphatic heterocycles. The molecule has 0 aliphatic rings. The predicted octanol–water partition coefficient (Wildman–Crippen LogP) is 0.729. The Labute approximate surface area is 96.4 Å². The second kappa shape index (κ2) is 5.84. The van der Waals surface area contributed by atoms with Crippen LogP contribution in [0.1, 0.15) is 40.5 Å². The van der Waals surface area contributed by atoms with E-state index in [0.29, 0.717) is 12.8 Å². The number of rotatable bonds is 6. The normalized spacial score (nSPS) is 16.6. The van der Waals surface area contributed by atoms with E-state index in [1.807, 2.05) is 13.8 Å². The highest BCUT2D eigenvalue weighted by molar-refractivity contribution is 5.89. The van der Waals surface area contributed by atoms with Gasteiger partial charge in [-0.2, -0.15) is 0 Å². The fourth-order valence-electron chi connectivity index (χ4n) is 1.18. The summed E-state index contributed by atoms with van der Waals surface area (Å²) in [5, 5.41) is 11.4. The van der Waals surface area contributed by atoms with E-state index in [4.69, 9.17) is 10.8 Å². The van der Waals surface area contributed by atoms with Gasteiger partial charge in [-0.3, -0.25) is 4.79 Å². The van der Waals surface area contributed by atoms with Crippen molar-refractivity contribution in [3.8, 4) is 0 Å². The van der Waals surface area contributed by atoms with Gasteiger partial charge in [-0.05, 0) is 25.7 Å². The minimum atomic E-state index is -1.02. The second-order valence-corrected chi connectivity index (χ2v) is 4.76. The molecule has 0 saturated heterocycles. The molecule has 4 N–H and O–H groups in total. The van der Waals surface area contributed by atoms with Gasteiger partial charge in [0.15, 0.2) is 0 Å². The Morgan fingerprint density at radius 2 is 1.94 bits per heavy atom. The van der Waals surface area contributed by atoms with E-state index in [9.17, 15) is 9.59 Å². The molecule has 16 heavy (non-hydrogen) atoms. The average molecular weight is 230 g/mol. The van der Waals surface area contributed by atoms with Gasteiger partial charge < -0.3 is 16.2 Å². The number of nitrogens with two attached hydrogens (primary N) is 1. The van der Waals surface area contributed by atoms with E-state index >= 15 is 0 Å². The maximum Gasteiger partial charge on any atom is 0.326 e. The van der Waals surface area contributed by atoms with Crippen LogP contribution in [-0.4, -0.2) is 28.6 Å². The van der Waals surface area contributed by atoms with Gasteiger partial charge in [0.05, 0.1) is 5.54 Å². The molecule has 2 atom stereocenters. The molecule has 5 nitrogen and oxygen atoms in total. The first-order valence-corrected chi connectivity index (χ1v) is 5.53. The van der Waals surface area contributed by atoms with Crippen molar-refractivity contribution in [3.63, 3.8) is 0 Å². The highest BCUT2D eigenvalue weighted by Gasteiger charge is 2.30. The molecule has 0 radical (unpaired) electrons. The van der Waals surface area contributed by atoms with Gasteiger partial charge in [0.25, 0.3) is 0 Å². The van der Waals surface area contributed by atoms with Crippen molar-refractivity contribution in [1.82, 2.24) is 5.32 Å². The molecular formula is C11H22N2O3. The van der Waals surface area contributed by atoms with Gasteiger partial charge in [0.1, 0.15) is 6.04 Å². The predicted molar refractivity (Wildman–Crippen MR) is 61.9 cm³/mol. The van der Waals surface area contributed by atoms with Crippen LogP contribution in [0.15, 0.2) is 0 Å². The third-order valence-corrected chi connectivity index (χ3v) is 2.56. The number of aliphatic carboxylic acids is 1. The zero-order valence-corrected chi connectivity index (χ0v) is 10.4. The molecule has 1 amide bonds. The van der Waals surface area contributed by atoms with E-state index in [-0.39, 0.29) is 5.92 Å². The first-order chi connectivity index (χ1) is 7.20. The van der Waals surface area contributed by atoms with E-state index in [1.54, 1.807) is 13.8 Å². The molecule has 5 heteroatoms. The topological polar surface area (TPSA) is 92.4 Å². The lowest BCUT2D eigenvalue weighted by Crippen LogP contribution is -2.55. The highest BCUT2D eigenvalue weighted by Crippen LogP contribution is 2.09. The summed E-state index contributed by atoms with van der Waals surface area (Å²) >= 11 is 0. The summed E-state index contributed by atoms with van der Waals surface area (Å²) in [7, 11) is 0. The lowest BCUT2D eigenvalue weighted by Gasteiger charge is -2.25. The Morgan fingerprint density at radius 1 is 1.44 bits per heavy atom. The smallest absolute Gasteiger partial charge is 0.326 e. The summed E-state index contributed by atoms with van der Waals surface area (Å²) in [6, 6.07) is -0.859. The molecular weight excluding hydrogens is 208 g/mol. The Balaban J connectivity index is 4.52. The summed E-state index contributed by atoms with van der Waals surface area (Å²) in [6.45, 7) is 7.20. The van der Waals surface area contributed by atoms with Crippen molar-refractivity contribution in [2.75, 3.05) is 0 Å². The van der Waals surface area contributed by atoms with Gasteiger partial charge in [0.2, 0.25) is 5.91 Å². The number of amides is 1. The number of carboxylic acids is 1. The van der Waals surface area contributed by atoms with Gasteiger partial charge in [-0.1, -0.05) is 20.8 Å². The number of carbonyl (C=O) groups is 2. The van der Waals surface area contributed by atoms with Crippen LogP contribution < -0.4 is 11.1 Å². The highest BCUT2D eigenvalue weighted by atomic mass is 16.4. The first-order valence-electron chi connectivity index (χ1n) is 5.53. The Bertz CT molecular complexity index is 262. The Kier molecular flexibility index (Phi) is 5.44. The van der Waals surface area contributed by atoms with E-state index < -0.39 is 23.5 Å². The quantitative estimate of drug-likeness (QED) is 0.627. The van der Waals surface area contributed by atoms with Gasteiger partial charge in [-0.15, -0.1) is 0 Å². The average Bonchev–Trinajstić information content (AvgIpc) is 2.15. The van der Waals surface area contributed by atoms with Crippen molar-refractivity contribution in [3.05, 3.63) is 0 Å². The van der Waals surface area contributed by atoms with Gasteiger partial charge in [0, 0.05) is 0 Å². The Hall–Kier alpha value is -1.10. The molecule has 0 aliphatic carbocycles. The van der Waals surface area contributed by atoms with Crippen LogP contribution in [0, 0.1) is 5.92 Å². The summed E-state index contributed by atoms with van der Waals surface area (Å²) < 4.78 is 0. The fraction of sp³-hybridized carbons (Fsp3) is 0.818. The summed E-state index contributed by atoms with van der Waals surface area (Å²) in [5.41, 5.74) is 4.72. The van der Waals surface area contributed by atoms with E-state index in [0.717, 1.165) is 0 Å². The fourth-order valence-corrected chi connectivity index (χ4v) is 1.18. The summed E-state index contributed by atoms with van der Waals surface area (Å²) in [5.74, 6) is -1.23. The van der Waals surface area contributed by atoms with Crippen LogP contribution >= 0.6 is 0 Å². The van der Waals surface area contributed by atoms with Gasteiger partial charge >= 0.3 is 5.97 Å². The van der Waals surface area contributed by atoms with Crippen LogP contribution in [-0.2, 0) is 9.59 Å². The molecule has 0 saturated carbocycles. The molecule has 0 rings (SSSR count). The minimum Gasteiger partial charge on any atom is -0.480 e. The van der Waals surface area contributed by atoms with Crippen LogP contribution in [0.3, 0.4) is 0 Å². The molecule has 0 aromatic carbocycles. The van der Waals surface area contributed by atoms with Crippen molar-refractivity contribution < 1.29 is 14.7 Å². The van der Waals surface area contributed by atoms with Crippen molar-refractivity contribution in [1.29, 1.82) is 0 Å². The maximum absolute atomic E-state index is 11.7. The molecule has 0 aromatic rings. The van der Waals surface area contributed by atoms with Crippen LogP contribution in [0.5, 0.6) is 0 Å². The maximum atomic E-state index is 11.7. The SMILES string of the molecule is CCC(C)(N)C(=O)N[C@H](CC(C)C)C(=O)O. The number of hydrogen-bond acceptors (Lipinski definition) is 3. The monoisotopic (exact) mass is 230 g/mol. The molecule has 0 fully saturated rings. The van der Waals surface area contributed by atoms with Crippen LogP contribution in [0.25, 0.3) is 0 Å². The number of carboxylic acid groups (broad SMARTS) is 1. The zero-order valence-electron chi connectivity index (χ0n) is 10.4. The summed E-state index contributed by atoms with van der Waals surface area (Å²) in [6.07, 6.45) is 0.869. The van der Waals surface area contributed by atoms with E-state index in [1.165, 1.54) is 0 Å². The summed E-state index contributed by atoms with van der Waals surface area (Å²) in [4.78, 5) is 22.6. The van der Waals surface area contributed by atoms with Gasteiger partial charge in [-0.25, -0.2) is 4.79 Å². The lowest BCUT2D eigenvalue weighted by molar-refractivity contribution is -0.143. The van der Waals surface area contributed by atoms with Crippen molar-refractivity contribution in [2.24, 2.45) is 11.7 Å². The molecule has 0 heterocycles. The lowest BCUT2D eigenvalue weighted by atomic mass is 9.97. The first kappa shape index (κ1) is 14.9. The standard InChI is InChI=1S/C11H22N2O3/c1-5-11(4,12)10(16)13-8(9(14)15)6-7(2)3/h7-8H,5-6,12H2,1-4H3,(H,13,16)(H,14,15)/t8-,11?/m1/s1. The van der Waals surface area contributed by atoms with Crippen LogP contribution in [0.4, 0.5) is 0 Å². The third kappa shape index (κ3) is 4.61. The van der Waals surface area contributed by atoms with Crippen molar-refractivity contribution in [2.45, 2.75) is 52.1 Å². The molecule has 94 valence electrons. The number of carbonyl (C=O) groups excluding carboxylic acids is 1. The number of nitrogens with one attached hydrogen (secondary N) is 1. The van der Waals surface area contributed by atoms with Crippen LogP contribution in [0.2, 0.25) is 0 Å². The molecule has 0 aromatic heterocycles. The molecule has 0 spiro atoms. The largest absolute Gasteiger partial charge is 0.480 e. The minimum absolute atomic E-state index is 0.201. The molecule has 0 bridgehead atoms. The van der Waals surface area contributed by atoms with E-state index in [2.05, 4.69) is 5.32 Å². The Morgan fingerprint density at radius 3 is 2.25 bits per heavy atom.